The molecule has 2 rings (SSSR count). The van der Waals surface area contributed by atoms with Gasteiger partial charge in [0.1, 0.15) is 0 Å². The van der Waals surface area contributed by atoms with E-state index in [1.165, 1.54) is 18.2 Å². The second-order valence-electron chi connectivity index (χ2n) is 5.38. The van der Waals surface area contributed by atoms with E-state index < -0.39 is 20.6 Å². The van der Waals surface area contributed by atoms with Crippen LogP contribution in [0.15, 0.2) is 27.6 Å². The van der Waals surface area contributed by atoms with Gasteiger partial charge >= 0.3 is 0 Å². The van der Waals surface area contributed by atoms with Crippen LogP contribution in [0.5, 0.6) is 0 Å². The fourth-order valence-corrected chi connectivity index (χ4v) is 4.81. The molecule has 22 heavy (non-hydrogen) atoms. The molecule has 0 saturated heterocycles. The standard InChI is InChI=1S/C13H18BrN3O4S/c14-10-5-6-12(17(18)19)13(7-10)22(20,21)16-11-4-2-1-3-9(11)8-15/h5-7,9,11,16H,1-4,8,15H2. The molecule has 1 aromatic carbocycles. The van der Waals surface area contributed by atoms with E-state index in [2.05, 4.69) is 20.7 Å². The molecule has 1 saturated carbocycles. The molecule has 0 radical (unpaired) electrons. The van der Waals surface area contributed by atoms with Gasteiger partial charge in [0.2, 0.25) is 10.0 Å². The third-order valence-electron chi connectivity index (χ3n) is 3.93. The number of sulfonamides is 1. The summed E-state index contributed by atoms with van der Waals surface area (Å²) in [6.07, 6.45) is 3.51. The van der Waals surface area contributed by atoms with E-state index in [-0.39, 0.29) is 16.9 Å². The van der Waals surface area contributed by atoms with Gasteiger partial charge in [-0.1, -0.05) is 28.8 Å². The van der Waals surface area contributed by atoms with E-state index in [1.807, 2.05) is 0 Å². The van der Waals surface area contributed by atoms with Crippen molar-refractivity contribution in [3.8, 4) is 0 Å². The maximum atomic E-state index is 12.6. The first kappa shape index (κ1) is 17.3. The lowest BCUT2D eigenvalue weighted by atomic mass is 9.85. The molecule has 122 valence electrons. The number of nitrogens with zero attached hydrogens (tertiary/aromatic N) is 1. The minimum absolute atomic E-state index is 0.0646. The number of nitrogens with one attached hydrogen (secondary N) is 1. The highest BCUT2D eigenvalue weighted by Crippen LogP contribution is 2.30. The summed E-state index contributed by atoms with van der Waals surface area (Å²) in [4.78, 5) is 10.1. The maximum Gasteiger partial charge on any atom is 0.289 e. The van der Waals surface area contributed by atoms with Crippen molar-refractivity contribution in [2.75, 3.05) is 6.54 Å². The van der Waals surface area contributed by atoms with E-state index in [9.17, 15) is 18.5 Å². The average molecular weight is 392 g/mol. The van der Waals surface area contributed by atoms with Crippen LogP contribution in [0.2, 0.25) is 0 Å². The predicted molar refractivity (Wildman–Crippen MR) is 85.9 cm³/mol. The molecule has 9 heteroatoms. The zero-order valence-corrected chi connectivity index (χ0v) is 14.3. The van der Waals surface area contributed by atoms with Crippen molar-refractivity contribution in [2.45, 2.75) is 36.6 Å². The summed E-state index contributed by atoms with van der Waals surface area (Å²) in [5.74, 6) is 0.0646. The summed E-state index contributed by atoms with van der Waals surface area (Å²) in [7, 11) is -3.98. The molecule has 0 amide bonds. The molecule has 0 spiro atoms. The minimum Gasteiger partial charge on any atom is -0.330 e. The third kappa shape index (κ3) is 3.83. The topological polar surface area (TPSA) is 115 Å². The summed E-state index contributed by atoms with van der Waals surface area (Å²) in [6, 6.07) is 3.60. The SMILES string of the molecule is NCC1CCCCC1NS(=O)(=O)c1cc(Br)ccc1[N+](=O)[O-]. The first-order chi connectivity index (χ1) is 10.3. The van der Waals surface area contributed by atoms with Crippen LogP contribution in [0.1, 0.15) is 25.7 Å². The zero-order valence-electron chi connectivity index (χ0n) is 11.9. The number of rotatable bonds is 5. The third-order valence-corrected chi connectivity index (χ3v) is 5.94. The molecule has 3 N–H and O–H groups in total. The molecule has 0 aliphatic heterocycles. The van der Waals surface area contributed by atoms with Gasteiger partial charge in [0, 0.05) is 16.6 Å². The van der Waals surface area contributed by atoms with Gasteiger partial charge in [0.05, 0.1) is 4.92 Å². The lowest BCUT2D eigenvalue weighted by Crippen LogP contribution is -2.44. The summed E-state index contributed by atoms with van der Waals surface area (Å²) in [6.45, 7) is 0.397. The summed E-state index contributed by atoms with van der Waals surface area (Å²) in [5, 5.41) is 11.1. The van der Waals surface area contributed by atoms with Crippen molar-refractivity contribution in [1.82, 2.24) is 4.72 Å². The smallest absolute Gasteiger partial charge is 0.289 e. The van der Waals surface area contributed by atoms with E-state index in [4.69, 9.17) is 5.73 Å². The van der Waals surface area contributed by atoms with Gasteiger partial charge < -0.3 is 5.73 Å². The number of hydrogen-bond donors (Lipinski definition) is 2. The Morgan fingerprint density at radius 1 is 1.36 bits per heavy atom. The van der Waals surface area contributed by atoms with Crippen LogP contribution in [-0.4, -0.2) is 25.9 Å². The van der Waals surface area contributed by atoms with Crippen molar-refractivity contribution >= 4 is 31.6 Å². The highest BCUT2D eigenvalue weighted by atomic mass is 79.9. The minimum atomic E-state index is -3.98. The molecule has 7 nitrogen and oxygen atoms in total. The van der Waals surface area contributed by atoms with Gasteiger partial charge in [-0.15, -0.1) is 0 Å². The second-order valence-corrected chi connectivity index (χ2v) is 7.98. The van der Waals surface area contributed by atoms with Crippen molar-refractivity contribution in [1.29, 1.82) is 0 Å². The fourth-order valence-electron chi connectivity index (χ4n) is 2.76. The van der Waals surface area contributed by atoms with E-state index in [1.54, 1.807) is 0 Å². The van der Waals surface area contributed by atoms with Crippen LogP contribution in [0.4, 0.5) is 5.69 Å². The molecule has 0 bridgehead atoms. The molecule has 1 aliphatic rings. The van der Waals surface area contributed by atoms with Crippen molar-refractivity contribution in [2.24, 2.45) is 11.7 Å². The summed E-state index contributed by atoms with van der Waals surface area (Å²) >= 11 is 3.15. The lowest BCUT2D eigenvalue weighted by molar-refractivity contribution is -0.387. The molecular formula is C13H18BrN3O4S. The lowest BCUT2D eigenvalue weighted by Gasteiger charge is -2.30. The fraction of sp³-hybridized carbons (Fsp3) is 0.538. The van der Waals surface area contributed by atoms with E-state index in [0.29, 0.717) is 17.4 Å². The Hall–Kier alpha value is -1.03. The first-order valence-electron chi connectivity index (χ1n) is 7.01. The van der Waals surface area contributed by atoms with Gasteiger partial charge in [0.25, 0.3) is 5.69 Å². The number of nitrogens with two attached hydrogens (primary N) is 1. The number of benzene rings is 1. The van der Waals surface area contributed by atoms with Crippen LogP contribution in [0.3, 0.4) is 0 Å². The van der Waals surface area contributed by atoms with Crippen LogP contribution >= 0.6 is 15.9 Å². The Morgan fingerprint density at radius 2 is 2.05 bits per heavy atom. The van der Waals surface area contributed by atoms with Crippen LogP contribution in [-0.2, 0) is 10.0 Å². The van der Waals surface area contributed by atoms with E-state index in [0.717, 1.165) is 19.3 Å². The molecule has 0 aromatic heterocycles. The Bertz CT molecular complexity index is 665. The largest absolute Gasteiger partial charge is 0.330 e. The average Bonchev–Trinajstić information content (AvgIpc) is 2.47. The Balaban J connectivity index is 2.34. The van der Waals surface area contributed by atoms with Gasteiger partial charge in [-0.3, -0.25) is 10.1 Å². The summed E-state index contributed by atoms with van der Waals surface area (Å²) < 4.78 is 28.2. The maximum absolute atomic E-state index is 12.6. The second kappa shape index (κ2) is 7.03. The molecule has 2 unspecified atom stereocenters. The molecule has 1 aliphatic carbocycles. The highest BCUT2D eigenvalue weighted by Gasteiger charge is 2.32. The quantitative estimate of drug-likeness (QED) is 0.589. The van der Waals surface area contributed by atoms with Crippen molar-refractivity contribution in [3.05, 3.63) is 32.8 Å². The zero-order chi connectivity index (χ0) is 16.3. The van der Waals surface area contributed by atoms with Crippen molar-refractivity contribution < 1.29 is 13.3 Å². The first-order valence-corrected chi connectivity index (χ1v) is 9.29. The number of nitro benzene ring substituents is 1. The van der Waals surface area contributed by atoms with Crippen LogP contribution < -0.4 is 10.5 Å². The van der Waals surface area contributed by atoms with Gasteiger partial charge in [-0.25, -0.2) is 13.1 Å². The van der Waals surface area contributed by atoms with Gasteiger partial charge in [-0.2, -0.15) is 0 Å². The summed E-state index contributed by atoms with van der Waals surface area (Å²) in [5.41, 5.74) is 5.27. The molecule has 1 aromatic rings. The predicted octanol–water partition coefficient (Wildman–Crippen LogP) is 2.15. The number of nitro groups is 1. The monoisotopic (exact) mass is 391 g/mol. The normalized spacial score (nSPS) is 22.5. The highest BCUT2D eigenvalue weighted by molar-refractivity contribution is 9.10. The number of hydrogen-bond acceptors (Lipinski definition) is 5. The molecule has 1 fully saturated rings. The van der Waals surface area contributed by atoms with Crippen LogP contribution in [0.25, 0.3) is 0 Å². The molecule has 0 heterocycles. The Labute approximate surface area is 137 Å². The number of halogens is 1. The van der Waals surface area contributed by atoms with Crippen molar-refractivity contribution in [3.63, 3.8) is 0 Å². The van der Waals surface area contributed by atoms with Crippen LogP contribution in [0, 0.1) is 16.0 Å². The van der Waals surface area contributed by atoms with E-state index >= 15 is 0 Å². The Morgan fingerprint density at radius 3 is 2.68 bits per heavy atom. The molecule has 2 atom stereocenters. The van der Waals surface area contributed by atoms with Gasteiger partial charge in [0.15, 0.2) is 4.90 Å². The van der Waals surface area contributed by atoms with Gasteiger partial charge in [-0.05, 0) is 37.4 Å². The molecular weight excluding hydrogens is 374 g/mol. The Kier molecular flexibility index (Phi) is 5.54.